The molecule has 6 heteroatoms. The highest BCUT2D eigenvalue weighted by molar-refractivity contribution is 5.69. The summed E-state index contributed by atoms with van der Waals surface area (Å²) in [6.07, 6.45) is 6.07. The number of oxazole rings is 1. The van der Waals surface area contributed by atoms with Crippen LogP contribution in [0, 0.1) is 20.8 Å². The highest BCUT2D eigenvalue weighted by atomic mass is 16.5. The largest absolute Gasteiger partial charge is 0.492 e. The Bertz CT molecular complexity index is 1040. The zero-order chi connectivity index (χ0) is 19.7. The molecule has 4 rings (SSSR count). The summed E-state index contributed by atoms with van der Waals surface area (Å²) in [5.41, 5.74) is 9.57. The first kappa shape index (κ1) is 18.1. The Morgan fingerprint density at radius 2 is 2.07 bits per heavy atom. The molecule has 0 spiro atoms. The maximum absolute atomic E-state index is 5.88. The number of ether oxygens (including phenoxy) is 1. The summed E-state index contributed by atoms with van der Waals surface area (Å²) >= 11 is 0. The van der Waals surface area contributed by atoms with E-state index < -0.39 is 0 Å². The number of fused-ring (bicyclic) bond motifs is 1. The normalized spacial score (nSPS) is 12.8. The summed E-state index contributed by atoms with van der Waals surface area (Å²) in [5, 5.41) is 2.03. The van der Waals surface area contributed by atoms with Crippen molar-refractivity contribution in [2.75, 3.05) is 12.0 Å². The van der Waals surface area contributed by atoms with Crippen LogP contribution in [0.3, 0.4) is 0 Å². The summed E-state index contributed by atoms with van der Waals surface area (Å²) in [4.78, 5) is 8.77. The summed E-state index contributed by atoms with van der Waals surface area (Å²) in [7, 11) is 0. The molecule has 2 aromatic heterocycles. The Kier molecular flexibility index (Phi) is 4.77. The van der Waals surface area contributed by atoms with E-state index in [0.29, 0.717) is 12.5 Å². The summed E-state index contributed by atoms with van der Waals surface area (Å²) in [6.45, 7) is 9.09. The topological polar surface area (TPSA) is 63.4 Å². The van der Waals surface area contributed by atoms with Gasteiger partial charge in [0, 0.05) is 30.6 Å². The molecular formula is C22H24N4O2. The molecule has 28 heavy (non-hydrogen) atoms. The number of hydrazine groups is 1. The summed E-state index contributed by atoms with van der Waals surface area (Å²) in [5.74, 6) is 2.21. The van der Waals surface area contributed by atoms with Crippen LogP contribution in [0.1, 0.15) is 35.3 Å². The van der Waals surface area contributed by atoms with Gasteiger partial charge in [-0.1, -0.05) is 0 Å². The summed E-state index contributed by atoms with van der Waals surface area (Å²) in [6, 6.07) is 8.12. The van der Waals surface area contributed by atoms with E-state index in [1.807, 2.05) is 63.3 Å². The smallest absolute Gasteiger partial charge is 0.192 e. The molecule has 0 unspecified atom stereocenters. The Morgan fingerprint density at radius 3 is 2.82 bits per heavy atom. The molecule has 144 valence electrons. The first-order valence-electron chi connectivity index (χ1n) is 9.41. The lowest BCUT2D eigenvalue weighted by Crippen LogP contribution is -2.26. The molecule has 1 aromatic carbocycles. The molecule has 3 heterocycles. The SMILES string of the molecule is CCOc1cc(-c2oc(C)nc2C)ccc1NN1C=Cc2cc(C)ncc2C1. The predicted molar refractivity (Wildman–Crippen MR) is 110 cm³/mol. The summed E-state index contributed by atoms with van der Waals surface area (Å²) < 4.78 is 11.6. The Labute approximate surface area is 164 Å². The van der Waals surface area contributed by atoms with Gasteiger partial charge in [-0.25, -0.2) is 4.98 Å². The van der Waals surface area contributed by atoms with E-state index in [1.165, 1.54) is 11.1 Å². The lowest BCUT2D eigenvalue weighted by Gasteiger charge is -2.27. The van der Waals surface area contributed by atoms with E-state index in [1.54, 1.807) is 0 Å². The van der Waals surface area contributed by atoms with Crippen LogP contribution in [0.4, 0.5) is 5.69 Å². The molecular weight excluding hydrogens is 352 g/mol. The molecule has 0 fully saturated rings. The molecule has 0 saturated carbocycles. The highest BCUT2D eigenvalue weighted by Crippen LogP contribution is 2.34. The average Bonchev–Trinajstić information content (AvgIpc) is 3.01. The average molecular weight is 376 g/mol. The molecule has 6 nitrogen and oxygen atoms in total. The van der Waals surface area contributed by atoms with Gasteiger partial charge in [0.2, 0.25) is 0 Å². The van der Waals surface area contributed by atoms with Crippen molar-refractivity contribution in [1.29, 1.82) is 0 Å². The number of nitrogens with one attached hydrogen (secondary N) is 1. The predicted octanol–water partition coefficient (Wildman–Crippen LogP) is 4.87. The van der Waals surface area contributed by atoms with Crippen molar-refractivity contribution < 1.29 is 9.15 Å². The van der Waals surface area contributed by atoms with Crippen LogP contribution in [-0.2, 0) is 6.54 Å². The van der Waals surface area contributed by atoms with Gasteiger partial charge in [-0.05, 0) is 62.2 Å². The van der Waals surface area contributed by atoms with Crippen molar-refractivity contribution in [1.82, 2.24) is 15.0 Å². The molecule has 1 aliphatic heterocycles. The molecule has 0 aliphatic carbocycles. The molecule has 0 bridgehead atoms. The monoisotopic (exact) mass is 376 g/mol. The maximum atomic E-state index is 5.88. The first-order chi connectivity index (χ1) is 13.5. The lowest BCUT2D eigenvalue weighted by atomic mass is 10.1. The minimum Gasteiger partial charge on any atom is -0.492 e. The molecule has 1 N–H and O–H groups in total. The van der Waals surface area contributed by atoms with Gasteiger partial charge in [0.05, 0.1) is 24.5 Å². The highest BCUT2D eigenvalue weighted by Gasteiger charge is 2.16. The zero-order valence-corrected chi connectivity index (χ0v) is 16.6. The minimum absolute atomic E-state index is 0.578. The van der Waals surface area contributed by atoms with Crippen LogP contribution < -0.4 is 10.2 Å². The number of aromatic nitrogens is 2. The van der Waals surface area contributed by atoms with Gasteiger partial charge in [-0.3, -0.25) is 15.4 Å². The van der Waals surface area contributed by atoms with Crippen molar-refractivity contribution in [3.05, 3.63) is 65.1 Å². The molecule has 3 aromatic rings. The fraction of sp³-hybridized carbons (Fsp3) is 0.273. The first-order valence-corrected chi connectivity index (χ1v) is 9.41. The van der Waals surface area contributed by atoms with Crippen LogP contribution in [0.2, 0.25) is 0 Å². The Hall–Kier alpha value is -3.28. The third-order valence-electron chi connectivity index (χ3n) is 4.65. The Morgan fingerprint density at radius 1 is 1.21 bits per heavy atom. The fourth-order valence-corrected chi connectivity index (χ4v) is 3.36. The number of nitrogens with zero attached hydrogens (tertiary/aromatic N) is 3. The van der Waals surface area contributed by atoms with Gasteiger partial charge in [0.25, 0.3) is 0 Å². The van der Waals surface area contributed by atoms with Gasteiger partial charge < -0.3 is 9.15 Å². The van der Waals surface area contributed by atoms with Crippen LogP contribution >= 0.6 is 0 Å². The lowest BCUT2D eigenvalue weighted by molar-refractivity contribution is 0.338. The molecule has 0 saturated heterocycles. The van der Waals surface area contributed by atoms with Gasteiger partial charge in [-0.15, -0.1) is 0 Å². The van der Waals surface area contributed by atoms with Crippen LogP contribution in [0.25, 0.3) is 17.4 Å². The number of anilines is 1. The number of pyridine rings is 1. The van der Waals surface area contributed by atoms with Crippen molar-refractivity contribution in [3.8, 4) is 17.1 Å². The number of benzene rings is 1. The van der Waals surface area contributed by atoms with E-state index in [-0.39, 0.29) is 0 Å². The number of aryl methyl sites for hydroxylation is 3. The number of hydrogen-bond donors (Lipinski definition) is 1. The quantitative estimate of drug-likeness (QED) is 0.685. The number of rotatable bonds is 5. The van der Waals surface area contributed by atoms with E-state index in [0.717, 1.165) is 40.7 Å². The van der Waals surface area contributed by atoms with Crippen LogP contribution in [0.15, 0.2) is 41.1 Å². The molecule has 0 amide bonds. The third-order valence-corrected chi connectivity index (χ3v) is 4.65. The van der Waals surface area contributed by atoms with Crippen LogP contribution in [0.5, 0.6) is 5.75 Å². The van der Waals surface area contributed by atoms with Gasteiger partial charge in [-0.2, -0.15) is 0 Å². The second-order valence-corrected chi connectivity index (χ2v) is 6.87. The molecule has 1 aliphatic rings. The second-order valence-electron chi connectivity index (χ2n) is 6.87. The maximum Gasteiger partial charge on any atom is 0.192 e. The van der Waals surface area contributed by atoms with Crippen LogP contribution in [-0.4, -0.2) is 21.6 Å². The zero-order valence-electron chi connectivity index (χ0n) is 16.6. The number of hydrogen-bond acceptors (Lipinski definition) is 6. The third kappa shape index (κ3) is 3.58. The second kappa shape index (κ2) is 7.38. The standard InChI is InChI=1S/C22H24N4O2/c1-5-27-21-11-18(22-15(3)24-16(4)28-22)6-7-20(21)25-26-9-8-17-10-14(2)23-12-19(17)13-26/h6-12,25H,5,13H2,1-4H3. The van der Waals surface area contributed by atoms with Gasteiger partial charge in [0.15, 0.2) is 11.7 Å². The van der Waals surface area contributed by atoms with Crippen molar-refractivity contribution in [2.24, 2.45) is 0 Å². The van der Waals surface area contributed by atoms with Gasteiger partial charge in [0.1, 0.15) is 5.75 Å². The molecule has 0 atom stereocenters. The van der Waals surface area contributed by atoms with Crippen molar-refractivity contribution in [3.63, 3.8) is 0 Å². The van der Waals surface area contributed by atoms with Gasteiger partial charge >= 0.3 is 0 Å². The Balaban J connectivity index is 1.60. The fourth-order valence-electron chi connectivity index (χ4n) is 3.36. The van der Waals surface area contributed by atoms with Crippen molar-refractivity contribution >= 4 is 11.8 Å². The van der Waals surface area contributed by atoms with Crippen molar-refractivity contribution in [2.45, 2.75) is 34.2 Å². The van der Waals surface area contributed by atoms with E-state index in [9.17, 15) is 0 Å². The van der Waals surface area contributed by atoms with E-state index >= 15 is 0 Å². The molecule has 0 radical (unpaired) electrons. The van der Waals surface area contributed by atoms with E-state index in [4.69, 9.17) is 9.15 Å². The van der Waals surface area contributed by atoms with E-state index in [2.05, 4.69) is 27.5 Å². The minimum atomic E-state index is 0.578.